The maximum Gasteiger partial charge on any atom is 0.459 e. The molecule has 152 valence electrons. The molecule has 0 fully saturated rings. The topological polar surface area (TPSA) is 51.2 Å². The van der Waals surface area contributed by atoms with E-state index in [4.69, 9.17) is 34.8 Å². The van der Waals surface area contributed by atoms with Gasteiger partial charge >= 0.3 is 13.3 Å². The number of rotatable bonds is 5. The summed E-state index contributed by atoms with van der Waals surface area (Å²) in [5, 5.41) is 0.439. The molecule has 0 amide bonds. The fourth-order valence-electron chi connectivity index (χ4n) is 3.44. The van der Waals surface area contributed by atoms with Gasteiger partial charge in [0.15, 0.2) is 0 Å². The minimum absolute atomic E-state index is 0.00995. The Hall–Kier alpha value is -2.03. The second-order valence-corrected chi connectivity index (χ2v) is 9.61. The molecule has 0 N–H and O–H groups in total. The molecule has 0 radical (unpaired) electrons. The van der Waals surface area contributed by atoms with Gasteiger partial charge in [-0.2, -0.15) is 0 Å². The molecule has 0 aromatic heterocycles. The molecule has 1 unspecified atom stereocenters. The molecular weight excluding hydrogens is 462 g/mol. The Morgan fingerprint density at radius 1 is 0.800 bits per heavy atom. The second-order valence-electron chi connectivity index (χ2n) is 6.94. The van der Waals surface area contributed by atoms with Crippen molar-refractivity contribution >= 4 is 59.2 Å². The standard InChI is InChI=1S/C23H17Cl3O3P/c1-12-10-13(2)19(14(3)11-12)23(28)30(29)18-7-5-4-6-15(18)22(27)20-16(24)8-9-17(25)21(20)26/h4-11H,1-3H3/q+1. The fourth-order valence-corrected chi connectivity index (χ4v) is 5.53. The van der Waals surface area contributed by atoms with Crippen molar-refractivity contribution in [3.05, 3.63) is 97.0 Å². The van der Waals surface area contributed by atoms with Gasteiger partial charge in [-0.25, -0.2) is 4.79 Å². The van der Waals surface area contributed by atoms with Crippen LogP contribution in [0.15, 0.2) is 48.5 Å². The van der Waals surface area contributed by atoms with E-state index in [1.54, 1.807) is 26.0 Å². The highest BCUT2D eigenvalue weighted by molar-refractivity contribution is 7.71. The first-order valence-corrected chi connectivity index (χ1v) is 11.4. The number of hydrogen-bond acceptors (Lipinski definition) is 3. The van der Waals surface area contributed by atoms with Gasteiger partial charge in [0.05, 0.1) is 31.8 Å². The number of halogens is 3. The molecule has 3 rings (SSSR count). The fraction of sp³-hybridized carbons (Fsp3) is 0.130. The van der Waals surface area contributed by atoms with E-state index in [0.717, 1.165) is 16.7 Å². The average Bonchev–Trinajstić information content (AvgIpc) is 2.69. The monoisotopic (exact) mass is 477 g/mol. The second kappa shape index (κ2) is 8.99. The van der Waals surface area contributed by atoms with E-state index in [0.29, 0.717) is 5.56 Å². The van der Waals surface area contributed by atoms with Gasteiger partial charge < -0.3 is 0 Å². The van der Waals surface area contributed by atoms with Gasteiger partial charge in [-0.1, -0.05) is 69.2 Å². The molecule has 0 spiro atoms. The molecule has 30 heavy (non-hydrogen) atoms. The molecule has 1 atom stereocenters. The highest BCUT2D eigenvalue weighted by Crippen LogP contribution is 2.35. The van der Waals surface area contributed by atoms with Crippen molar-refractivity contribution in [1.82, 2.24) is 0 Å². The summed E-state index contributed by atoms with van der Waals surface area (Å²) >= 11 is 18.4. The maximum absolute atomic E-state index is 13.3. The third kappa shape index (κ3) is 4.22. The Morgan fingerprint density at radius 2 is 1.37 bits per heavy atom. The van der Waals surface area contributed by atoms with E-state index in [9.17, 15) is 14.2 Å². The van der Waals surface area contributed by atoms with Gasteiger partial charge in [-0.3, -0.25) is 4.79 Å². The largest absolute Gasteiger partial charge is 0.459 e. The van der Waals surface area contributed by atoms with Crippen LogP contribution in [0.1, 0.15) is 43.0 Å². The molecule has 0 saturated heterocycles. The zero-order chi connectivity index (χ0) is 22.2. The van der Waals surface area contributed by atoms with E-state index in [1.165, 1.54) is 24.3 Å². The third-order valence-corrected chi connectivity index (χ3v) is 7.25. The molecular formula is C23H17Cl3O3P+. The predicted molar refractivity (Wildman–Crippen MR) is 124 cm³/mol. The summed E-state index contributed by atoms with van der Waals surface area (Å²) in [6, 6.07) is 13.0. The summed E-state index contributed by atoms with van der Waals surface area (Å²) in [5.74, 6) is -0.545. The third-order valence-electron chi connectivity index (χ3n) is 4.71. The highest BCUT2D eigenvalue weighted by atomic mass is 35.5. The molecule has 0 heterocycles. The van der Waals surface area contributed by atoms with Crippen molar-refractivity contribution in [2.45, 2.75) is 20.8 Å². The number of aryl methyl sites for hydroxylation is 3. The predicted octanol–water partition coefficient (Wildman–Crippen LogP) is 7.10. The number of carbonyl (C=O) groups is 2. The van der Waals surface area contributed by atoms with Crippen LogP contribution in [0.3, 0.4) is 0 Å². The van der Waals surface area contributed by atoms with Gasteiger partial charge in [-0.05, 0) is 56.2 Å². The average molecular weight is 479 g/mol. The molecule has 0 bridgehead atoms. The van der Waals surface area contributed by atoms with Crippen molar-refractivity contribution in [3.63, 3.8) is 0 Å². The van der Waals surface area contributed by atoms with Crippen molar-refractivity contribution in [2.24, 2.45) is 0 Å². The summed E-state index contributed by atoms with van der Waals surface area (Å²) in [6.07, 6.45) is 0. The SMILES string of the molecule is Cc1cc(C)c(C(=O)[P+](=O)c2ccccc2C(=O)c2c(Cl)ccc(Cl)c2Cl)c(C)c1. The van der Waals surface area contributed by atoms with Gasteiger partial charge in [0, 0.05) is 0 Å². The Bertz CT molecular complexity index is 1200. The van der Waals surface area contributed by atoms with E-state index >= 15 is 0 Å². The van der Waals surface area contributed by atoms with Gasteiger partial charge in [0.25, 0.3) is 0 Å². The molecule has 0 aliphatic rings. The van der Waals surface area contributed by atoms with Crippen molar-refractivity contribution in [3.8, 4) is 0 Å². The van der Waals surface area contributed by atoms with Crippen LogP contribution in [-0.4, -0.2) is 11.3 Å². The lowest BCUT2D eigenvalue weighted by Crippen LogP contribution is -2.17. The summed E-state index contributed by atoms with van der Waals surface area (Å²) in [5.41, 5.74) is 2.48. The van der Waals surface area contributed by atoms with Crippen LogP contribution in [0.25, 0.3) is 0 Å². The number of ketones is 1. The first-order valence-electron chi connectivity index (χ1n) is 9.00. The summed E-state index contributed by atoms with van der Waals surface area (Å²) in [4.78, 5) is 26.4. The highest BCUT2D eigenvalue weighted by Gasteiger charge is 2.38. The van der Waals surface area contributed by atoms with Gasteiger partial charge in [0.2, 0.25) is 11.1 Å². The Morgan fingerprint density at radius 3 is 2.00 bits per heavy atom. The summed E-state index contributed by atoms with van der Waals surface area (Å²) < 4.78 is 13.3. The van der Waals surface area contributed by atoms with Crippen LogP contribution < -0.4 is 5.30 Å². The molecule has 0 saturated carbocycles. The minimum Gasteiger partial charge on any atom is -0.288 e. The molecule has 3 aromatic rings. The van der Waals surface area contributed by atoms with Crippen LogP contribution >= 0.6 is 42.6 Å². The smallest absolute Gasteiger partial charge is 0.288 e. The van der Waals surface area contributed by atoms with Crippen LogP contribution in [0.4, 0.5) is 0 Å². The molecule has 7 heteroatoms. The lowest BCUT2D eigenvalue weighted by Gasteiger charge is -2.08. The van der Waals surface area contributed by atoms with Crippen LogP contribution in [-0.2, 0) is 4.57 Å². The first kappa shape index (κ1) is 22.7. The van der Waals surface area contributed by atoms with Gasteiger partial charge in [-0.15, -0.1) is 0 Å². The van der Waals surface area contributed by atoms with Gasteiger partial charge in [0.1, 0.15) is 0 Å². The van der Waals surface area contributed by atoms with E-state index in [-0.39, 0.29) is 31.5 Å². The van der Waals surface area contributed by atoms with Crippen LogP contribution in [0.2, 0.25) is 15.1 Å². The van der Waals surface area contributed by atoms with E-state index in [1.807, 2.05) is 19.1 Å². The first-order chi connectivity index (χ1) is 14.1. The van der Waals surface area contributed by atoms with Crippen LogP contribution in [0, 0.1) is 20.8 Å². The summed E-state index contributed by atoms with van der Waals surface area (Å²) in [6.45, 7) is 5.54. The minimum atomic E-state index is -2.55. The zero-order valence-electron chi connectivity index (χ0n) is 16.4. The van der Waals surface area contributed by atoms with Crippen molar-refractivity contribution in [1.29, 1.82) is 0 Å². The Balaban J connectivity index is 2.11. The zero-order valence-corrected chi connectivity index (χ0v) is 19.6. The van der Waals surface area contributed by atoms with Crippen molar-refractivity contribution in [2.75, 3.05) is 0 Å². The summed E-state index contributed by atoms with van der Waals surface area (Å²) in [7, 11) is -2.55. The molecule has 0 aliphatic carbocycles. The maximum atomic E-state index is 13.3. The normalized spacial score (nSPS) is 11.3. The number of carbonyl (C=O) groups excluding carboxylic acids is 2. The Kier molecular flexibility index (Phi) is 6.79. The molecule has 0 aliphatic heterocycles. The number of hydrogen-bond donors (Lipinski definition) is 0. The lowest BCUT2D eigenvalue weighted by molar-refractivity contribution is 0.103. The number of benzene rings is 3. The lowest BCUT2D eigenvalue weighted by atomic mass is 10.0. The molecule has 3 nitrogen and oxygen atoms in total. The molecule has 3 aromatic carbocycles. The van der Waals surface area contributed by atoms with E-state index in [2.05, 4.69) is 0 Å². The van der Waals surface area contributed by atoms with Crippen molar-refractivity contribution < 1.29 is 14.2 Å². The quantitative estimate of drug-likeness (QED) is 0.223. The van der Waals surface area contributed by atoms with E-state index < -0.39 is 19.1 Å². The van der Waals surface area contributed by atoms with Crippen LogP contribution in [0.5, 0.6) is 0 Å². The Labute approximate surface area is 190 Å².